The highest BCUT2D eigenvalue weighted by Gasteiger charge is 2.20. The second-order valence-corrected chi connectivity index (χ2v) is 4.73. The van der Waals surface area contributed by atoms with E-state index in [1.54, 1.807) is 18.2 Å². The van der Waals surface area contributed by atoms with E-state index in [1.165, 1.54) is 18.4 Å². The maximum atomic E-state index is 12.3. The maximum Gasteiger partial charge on any atom is 0.387 e. The number of benzene rings is 1. The molecule has 1 aliphatic carbocycles. The molecule has 2 nitrogen and oxygen atoms in total. The summed E-state index contributed by atoms with van der Waals surface area (Å²) in [4.78, 5) is 0. The van der Waals surface area contributed by atoms with Crippen molar-refractivity contribution in [3.05, 3.63) is 35.4 Å². The number of para-hydroxylation sites is 1. The van der Waals surface area contributed by atoms with Gasteiger partial charge in [-0.15, -0.1) is 0 Å². The van der Waals surface area contributed by atoms with E-state index in [-0.39, 0.29) is 5.75 Å². The molecule has 0 radical (unpaired) electrons. The van der Waals surface area contributed by atoms with Crippen LogP contribution in [0, 0.1) is 0 Å². The first-order chi connectivity index (χ1) is 9.19. The van der Waals surface area contributed by atoms with Crippen LogP contribution in [0.25, 0.3) is 6.08 Å². The minimum atomic E-state index is -2.79. The smallest absolute Gasteiger partial charge is 0.387 e. The number of alkyl halides is 2. The summed E-state index contributed by atoms with van der Waals surface area (Å²) in [6, 6.07) is 7.53. The average molecular weight is 267 g/mol. The molecule has 0 atom stereocenters. The van der Waals surface area contributed by atoms with Gasteiger partial charge in [-0.1, -0.05) is 36.8 Å². The van der Waals surface area contributed by atoms with Gasteiger partial charge in [0.25, 0.3) is 0 Å². The van der Waals surface area contributed by atoms with Crippen molar-refractivity contribution in [1.29, 1.82) is 0 Å². The normalized spacial score (nSPS) is 15.9. The molecule has 0 unspecified atom stereocenters. The number of hydrogen-bond donors (Lipinski definition) is 1. The van der Waals surface area contributed by atoms with Crippen LogP contribution in [0.5, 0.6) is 5.75 Å². The van der Waals surface area contributed by atoms with Crippen molar-refractivity contribution in [1.82, 2.24) is 5.32 Å². The van der Waals surface area contributed by atoms with Gasteiger partial charge in [-0.2, -0.15) is 8.78 Å². The molecule has 0 heterocycles. The quantitative estimate of drug-likeness (QED) is 0.810. The summed E-state index contributed by atoms with van der Waals surface area (Å²) in [6.45, 7) is 0.0884. The predicted molar refractivity (Wildman–Crippen MR) is 72.4 cm³/mol. The van der Waals surface area contributed by atoms with Crippen molar-refractivity contribution in [3.63, 3.8) is 0 Å². The average Bonchev–Trinajstić information content (AvgIpc) is 3.20. The Hall–Kier alpha value is -1.42. The summed E-state index contributed by atoms with van der Waals surface area (Å²) in [6.07, 6.45) is 5.31. The Labute approximate surface area is 112 Å². The molecular formula is C15H19F2NO. The van der Waals surface area contributed by atoms with Gasteiger partial charge < -0.3 is 10.1 Å². The Morgan fingerprint density at radius 1 is 1.42 bits per heavy atom. The summed E-state index contributed by atoms with van der Waals surface area (Å²) < 4.78 is 29.2. The van der Waals surface area contributed by atoms with Gasteiger partial charge in [0.1, 0.15) is 5.75 Å². The maximum absolute atomic E-state index is 12.3. The van der Waals surface area contributed by atoms with Gasteiger partial charge in [-0.05, 0) is 25.3 Å². The second-order valence-electron chi connectivity index (χ2n) is 4.73. The molecule has 1 fully saturated rings. The molecule has 1 saturated carbocycles. The molecule has 104 valence electrons. The van der Waals surface area contributed by atoms with Crippen molar-refractivity contribution >= 4 is 6.08 Å². The Balaban J connectivity index is 2.08. The van der Waals surface area contributed by atoms with Crippen LogP contribution in [0.4, 0.5) is 8.78 Å². The molecule has 4 heteroatoms. The first-order valence-corrected chi connectivity index (χ1v) is 6.65. The third kappa shape index (κ3) is 4.63. The Kier molecular flexibility index (Phi) is 4.91. The zero-order chi connectivity index (χ0) is 13.7. The first kappa shape index (κ1) is 14.0. The zero-order valence-corrected chi connectivity index (χ0v) is 11.0. The van der Waals surface area contributed by atoms with Gasteiger partial charge in [0.15, 0.2) is 0 Å². The van der Waals surface area contributed by atoms with E-state index in [4.69, 9.17) is 0 Å². The number of hydrogen-bond acceptors (Lipinski definition) is 2. The first-order valence-electron chi connectivity index (χ1n) is 6.65. The Bertz CT molecular complexity index is 442. The van der Waals surface area contributed by atoms with Crippen molar-refractivity contribution in [2.24, 2.45) is 0 Å². The lowest BCUT2D eigenvalue weighted by molar-refractivity contribution is -0.0499. The van der Waals surface area contributed by atoms with Crippen molar-refractivity contribution < 1.29 is 13.5 Å². The molecule has 0 spiro atoms. The van der Waals surface area contributed by atoms with E-state index in [1.807, 2.05) is 12.1 Å². The molecule has 0 amide bonds. The van der Waals surface area contributed by atoms with Crippen LogP contribution in [0.3, 0.4) is 0 Å². The molecule has 19 heavy (non-hydrogen) atoms. The fourth-order valence-electron chi connectivity index (χ4n) is 1.86. The molecule has 1 N–H and O–H groups in total. The molecule has 1 aromatic rings. The molecule has 2 rings (SSSR count). The third-order valence-corrected chi connectivity index (χ3v) is 3.14. The standard InChI is InChI=1S/C15H19F2NO/c1-2-11(10-18-13-7-8-13)9-12-5-3-4-6-14(12)19-15(16)17/h3-6,9,13,15,18H,2,7-8,10H2,1H3. The fraction of sp³-hybridized carbons (Fsp3) is 0.467. The lowest BCUT2D eigenvalue weighted by Gasteiger charge is -2.10. The van der Waals surface area contributed by atoms with Gasteiger partial charge in [0.2, 0.25) is 0 Å². The summed E-state index contributed by atoms with van der Waals surface area (Å²) in [5, 5.41) is 3.43. The fourth-order valence-corrected chi connectivity index (χ4v) is 1.86. The molecule has 1 aromatic carbocycles. The van der Waals surface area contributed by atoms with E-state index >= 15 is 0 Å². The van der Waals surface area contributed by atoms with E-state index in [0.717, 1.165) is 13.0 Å². The minimum Gasteiger partial charge on any atom is -0.434 e. The van der Waals surface area contributed by atoms with Crippen LogP contribution in [0.15, 0.2) is 29.8 Å². The number of ether oxygens (including phenoxy) is 1. The summed E-state index contributed by atoms with van der Waals surface area (Å²) in [5.74, 6) is 0.231. The van der Waals surface area contributed by atoms with Crippen LogP contribution in [-0.2, 0) is 0 Å². The third-order valence-electron chi connectivity index (χ3n) is 3.14. The monoisotopic (exact) mass is 267 g/mol. The van der Waals surface area contributed by atoms with Crippen LogP contribution in [0.2, 0.25) is 0 Å². The van der Waals surface area contributed by atoms with Crippen LogP contribution >= 0.6 is 0 Å². The highest BCUT2D eigenvalue weighted by Crippen LogP contribution is 2.24. The van der Waals surface area contributed by atoms with Crippen molar-refractivity contribution in [3.8, 4) is 5.75 Å². The summed E-state index contributed by atoms with van der Waals surface area (Å²) >= 11 is 0. The van der Waals surface area contributed by atoms with Gasteiger partial charge in [-0.3, -0.25) is 0 Å². The van der Waals surface area contributed by atoms with Crippen LogP contribution < -0.4 is 10.1 Å². The van der Waals surface area contributed by atoms with Gasteiger partial charge in [0.05, 0.1) is 0 Å². The number of halogens is 2. The molecule has 0 bridgehead atoms. The Morgan fingerprint density at radius 3 is 2.79 bits per heavy atom. The molecule has 0 saturated heterocycles. The van der Waals surface area contributed by atoms with E-state index in [9.17, 15) is 8.78 Å². The van der Waals surface area contributed by atoms with Crippen LogP contribution in [-0.4, -0.2) is 19.2 Å². The molecule has 0 aliphatic heterocycles. The highest BCUT2D eigenvalue weighted by atomic mass is 19.3. The zero-order valence-electron chi connectivity index (χ0n) is 11.0. The Morgan fingerprint density at radius 2 is 2.16 bits per heavy atom. The highest BCUT2D eigenvalue weighted by molar-refractivity contribution is 5.60. The SMILES string of the molecule is CCC(=Cc1ccccc1OC(F)F)CNC1CC1. The van der Waals surface area contributed by atoms with Crippen molar-refractivity contribution in [2.75, 3.05) is 6.54 Å². The second kappa shape index (κ2) is 6.66. The number of rotatable bonds is 7. The largest absolute Gasteiger partial charge is 0.434 e. The minimum absolute atomic E-state index is 0.231. The van der Waals surface area contributed by atoms with Gasteiger partial charge >= 0.3 is 6.61 Å². The lowest BCUT2D eigenvalue weighted by atomic mass is 10.1. The van der Waals surface area contributed by atoms with Crippen molar-refractivity contribution in [2.45, 2.75) is 38.8 Å². The van der Waals surface area contributed by atoms with E-state index < -0.39 is 6.61 Å². The lowest BCUT2D eigenvalue weighted by Crippen LogP contribution is -2.19. The predicted octanol–water partition coefficient (Wildman–Crippen LogP) is 3.83. The van der Waals surface area contributed by atoms with E-state index in [2.05, 4.69) is 17.0 Å². The topological polar surface area (TPSA) is 21.3 Å². The summed E-state index contributed by atoms with van der Waals surface area (Å²) in [7, 11) is 0. The van der Waals surface area contributed by atoms with Crippen LogP contribution in [0.1, 0.15) is 31.7 Å². The van der Waals surface area contributed by atoms with Gasteiger partial charge in [0, 0.05) is 18.2 Å². The number of nitrogens with one attached hydrogen (secondary N) is 1. The molecule has 0 aromatic heterocycles. The molecular weight excluding hydrogens is 248 g/mol. The molecule has 1 aliphatic rings. The van der Waals surface area contributed by atoms with E-state index in [0.29, 0.717) is 11.6 Å². The van der Waals surface area contributed by atoms with Gasteiger partial charge in [-0.25, -0.2) is 0 Å². The summed E-state index contributed by atoms with van der Waals surface area (Å²) in [5.41, 5.74) is 1.90.